The lowest BCUT2D eigenvalue weighted by atomic mass is 9.71. The Hall–Kier alpha value is -3.59. The van der Waals surface area contributed by atoms with E-state index in [2.05, 4.69) is 10.5 Å². The normalized spacial score (nSPS) is 28.8. The van der Waals surface area contributed by atoms with E-state index < -0.39 is 77.0 Å². The number of carbonyl (C=O) groups is 2. The number of rotatable bonds is 7. The highest BCUT2D eigenvalue weighted by molar-refractivity contribution is 6.31. The largest absolute Gasteiger partial charge is 0.507 e. The molecule has 3 aliphatic rings. The van der Waals surface area contributed by atoms with Crippen molar-refractivity contribution in [2.24, 2.45) is 10.8 Å². The van der Waals surface area contributed by atoms with E-state index in [-0.39, 0.29) is 59.0 Å². The third-order valence-electron chi connectivity index (χ3n) is 8.29. The van der Waals surface area contributed by atoms with Crippen molar-refractivity contribution in [1.82, 2.24) is 5.43 Å². The van der Waals surface area contributed by atoms with Crippen molar-refractivity contribution in [1.29, 1.82) is 0 Å². The number of methoxy groups -OCH3 is 1. The zero-order valence-corrected chi connectivity index (χ0v) is 24.3. The Morgan fingerprint density at radius 3 is 2.51 bits per heavy atom. The molecule has 43 heavy (non-hydrogen) atoms. The monoisotopic (exact) mass is 599 g/mol. The number of ether oxygens (including phenoxy) is 3. The Morgan fingerprint density at radius 1 is 1.19 bits per heavy atom. The number of nitrogens with zero attached hydrogens (tertiary/aromatic N) is 1. The molecule has 2 aromatic rings. The van der Waals surface area contributed by atoms with Crippen molar-refractivity contribution < 1.29 is 49.3 Å². The molecule has 2 aromatic carbocycles. The SMILES string of the molecule is COc1cccc2c1C(=O)c1c(O)c3c(c(O)c1C2=O)C[C@@](O)(/C(CO)=N/NC(C)C)CC3O[C@H]1C[C@H](N)[C@H](O)[C@H](C)O1. The van der Waals surface area contributed by atoms with Crippen LogP contribution in [0, 0.1) is 0 Å². The minimum atomic E-state index is -1.92. The van der Waals surface area contributed by atoms with Crippen LogP contribution in [0.25, 0.3) is 0 Å². The first-order valence-corrected chi connectivity index (χ1v) is 14.1. The van der Waals surface area contributed by atoms with Gasteiger partial charge in [0.1, 0.15) is 22.8 Å². The molecule has 0 saturated carbocycles. The number of hydrogen-bond donors (Lipinski definition) is 7. The minimum Gasteiger partial charge on any atom is -0.507 e. The van der Waals surface area contributed by atoms with E-state index >= 15 is 0 Å². The molecule has 8 N–H and O–H groups in total. The molecule has 5 rings (SSSR count). The quantitative estimate of drug-likeness (QED) is 0.114. The Kier molecular flexibility index (Phi) is 8.24. The summed E-state index contributed by atoms with van der Waals surface area (Å²) < 4.78 is 17.4. The first-order valence-electron chi connectivity index (χ1n) is 14.1. The summed E-state index contributed by atoms with van der Waals surface area (Å²) in [7, 11) is 1.35. The number of aromatic hydroxyl groups is 2. The Balaban J connectivity index is 1.69. The lowest BCUT2D eigenvalue weighted by molar-refractivity contribution is -0.245. The van der Waals surface area contributed by atoms with Gasteiger partial charge in [0, 0.05) is 48.0 Å². The molecule has 13 heteroatoms. The van der Waals surface area contributed by atoms with Crippen molar-refractivity contribution >= 4 is 17.3 Å². The van der Waals surface area contributed by atoms with Crippen LogP contribution in [0.2, 0.25) is 0 Å². The number of fused-ring (bicyclic) bond motifs is 3. The van der Waals surface area contributed by atoms with Gasteiger partial charge < -0.3 is 50.9 Å². The van der Waals surface area contributed by atoms with Gasteiger partial charge in [0.2, 0.25) is 5.78 Å². The molecule has 13 nitrogen and oxygen atoms in total. The summed E-state index contributed by atoms with van der Waals surface area (Å²) in [6.45, 7) is 4.59. The maximum atomic E-state index is 13.8. The van der Waals surface area contributed by atoms with Gasteiger partial charge in [0.25, 0.3) is 0 Å². The zero-order chi connectivity index (χ0) is 31.4. The Labute approximate surface area is 247 Å². The number of aliphatic hydroxyl groups excluding tert-OH is 2. The second-order valence-electron chi connectivity index (χ2n) is 11.6. The summed E-state index contributed by atoms with van der Waals surface area (Å²) in [5.74, 6) is -2.53. The van der Waals surface area contributed by atoms with Crippen LogP contribution in [0.5, 0.6) is 17.2 Å². The number of phenols is 2. The second kappa shape index (κ2) is 11.5. The molecule has 232 valence electrons. The van der Waals surface area contributed by atoms with E-state index in [9.17, 15) is 35.1 Å². The maximum absolute atomic E-state index is 13.8. The van der Waals surface area contributed by atoms with Crippen LogP contribution in [-0.4, -0.2) is 92.7 Å². The van der Waals surface area contributed by atoms with Crippen molar-refractivity contribution in [2.45, 2.75) is 82.3 Å². The van der Waals surface area contributed by atoms with Crippen molar-refractivity contribution in [3.8, 4) is 17.2 Å². The lowest BCUT2D eigenvalue weighted by Crippen LogP contribution is -2.53. The fourth-order valence-electron chi connectivity index (χ4n) is 6.10. The minimum absolute atomic E-state index is 0.0127. The van der Waals surface area contributed by atoms with Crippen LogP contribution in [0.15, 0.2) is 23.3 Å². The number of nitrogens with two attached hydrogens (primary N) is 1. The summed E-state index contributed by atoms with van der Waals surface area (Å²) in [6.07, 6.45) is -4.48. The summed E-state index contributed by atoms with van der Waals surface area (Å²) in [5, 5.41) is 59.9. The van der Waals surface area contributed by atoms with Gasteiger partial charge in [-0.15, -0.1) is 0 Å². The summed E-state index contributed by atoms with van der Waals surface area (Å²) in [5.41, 5.74) is 5.93. The highest BCUT2D eigenvalue weighted by atomic mass is 16.7. The van der Waals surface area contributed by atoms with Crippen LogP contribution >= 0.6 is 0 Å². The molecule has 1 fully saturated rings. The molecule has 1 heterocycles. The number of ketones is 2. The molecule has 1 aliphatic heterocycles. The van der Waals surface area contributed by atoms with Crippen LogP contribution in [0.3, 0.4) is 0 Å². The molecule has 0 bridgehead atoms. The van der Waals surface area contributed by atoms with Gasteiger partial charge in [0.15, 0.2) is 12.1 Å². The third-order valence-corrected chi connectivity index (χ3v) is 8.29. The van der Waals surface area contributed by atoms with Gasteiger partial charge in [-0.05, 0) is 26.8 Å². The highest BCUT2D eigenvalue weighted by Crippen LogP contribution is 2.52. The number of aliphatic hydroxyl groups is 3. The zero-order valence-electron chi connectivity index (χ0n) is 24.3. The molecule has 6 atom stereocenters. The van der Waals surface area contributed by atoms with Gasteiger partial charge in [-0.2, -0.15) is 5.10 Å². The number of phenolic OH excluding ortho intramolecular Hbond substituents is 2. The van der Waals surface area contributed by atoms with Crippen molar-refractivity contribution in [2.75, 3.05) is 13.7 Å². The number of hydrazone groups is 1. The molecule has 1 unspecified atom stereocenters. The Bertz CT molecular complexity index is 1480. The second-order valence-corrected chi connectivity index (χ2v) is 11.6. The van der Waals surface area contributed by atoms with Gasteiger partial charge >= 0.3 is 0 Å². The first-order chi connectivity index (χ1) is 20.3. The number of hydrogen-bond acceptors (Lipinski definition) is 13. The molecule has 0 amide bonds. The smallest absolute Gasteiger partial charge is 0.202 e. The first kappa shape index (κ1) is 30.9. The predicted molar refractivity (Wildman–Crippen MR) is 152 cm³/mol. The maximum Gasteiger partial charge on any atom is 0.202 e. The molecular formula is C30H37N3O10. The van der Waals surface area contributed by atoms with Gasteiger partial charge in [-0.1, -0.05) is 12.1 Å². The molecular weight excluding hydrogens is 562 g/mol. The van der Waals surface area contributed by atoms with Crippen molar-refractivity contribution in [3.05, 3.63) is 51.6 Å². The Morgan fingerprint density at radius 2 is 1.88 bits per heavy atom. The third kappa shape index (κ3) is 5.15. The predicted octanol–water partition coefficient (Wildman–Crippen LogP) is 0.786. The van der Waals surface area contributed by atoms with Crippen LogP contribution < -0.4 is 15.9 Å². The van der Waals surface area contributed by atoms with Crippen LogP contribution in [0.4, 0.5) is 0 Å². The number of benzene rings is 2. The molecule has 0 radical (unpaired) electrons. The average Bonchev–Trinajstić information content (AvgIpc) is 2.95. The van der Waals surface area contributed by atoms with Crippen LogP contribution in [0.1, 0.15) is 82.7 Å². The number of nitrogens with one attached hydrogen (secondary N) is 1. The van der Waals surface area contributed by atoms with E-state index in [4.69, 9.17) is 19.9 Å². The van der Waals surface area contributed by atoms with E-state index in [0.29, 0.717) is 0 Å². The van der Waals surface area contributed by atoms with E-state index in [0.717, 1.165) is 0 Å². The van der Waals surface area contributed by atoms with E-state index in [1.54, 1.807) is 6.92 Å². The van der Waals surface area contributed by atoms with E-state index in [1.807, 2.05) is 13.8 Å². The summed E-state index contributed by atoms with van der Waals surface area (Å²) in [4.78, 5) is 27.5. The van der Waals surface area contributed by atoms with E-state index in [1.165, 1.54) is 25.3 Å². The lowest BCUT2D eigenvalue weighted by Gasteiger charge is -2.43. The molecule has 1 saturated heterocycles. The van der Waals surface area contributed by atoms with Crippen molar-refractivity contribution in [3.63, 3.8) is 0 Å². The fourth-order valence-corrected chi connectivity index (χ4v) is 6.10. The average molecular weight is 600 g/mol. The van der Waals surface area contributed by atoms with Gasteiger partial charge in [0.05, 0.1) is 54.4 Å². The van der Waals surface area contributed by atoms with Gasteiger partial charge in [-0.3, -0.25) is 9.59 Å². The molecule has 0 spiro atoms. The number of carbonyl (C=O) groups excluding carboxylic acids is 2. The standard InChI is InChI=1S/C30H37N3O10/c1-12(2)32-33-19(11-34)30(40)9-15-22(18(10-30)43-20-8-16(31)25(35)13(3)42-20)29(39)24-23(27(15)37)26(36)14-6-5-7-17(41-4)21(14)28(24)38/h5-7,12-13,16,18,20,25,32,34-35,37,39-40H,8-11,31H2,1-4H3/b33-19+/t13-,16-,18?,20-,25+,30-/m0/s1. The topological polar surface area (TPSA) is 213 Å². The van der Waals surface area contributed by atoms with Gasteiger partial charge in [-0.25, -0.2) is 0 Å². The summed E-state index contributed by atoms with van der Waals surface area (Å²) in [6, 6.07) is 3.63. The fraction of sp³-hybridized carbons (Fsp3) is 0.500. The molecule has 0 aromatic heterocycles. The summed E-state index contributed by atoms with van der Waals surface area (Å²) >= 11 is 0. The van der Waals surface area contributed by atoms with Crippen LogP contribution in [-0.2, 0) is 15.9 Å². The molecule has 2 aliphatic carbocycles. The highest BCUT2D eigenvalue weighted by Gasteiger charge is 2.49.